The molecule has 2 rings (SSSR count). The van der Waals surface area contributed by atoms with Crippen LogP contribution in [0.1, 0.15) is 26.5 Å². The number of H-pyrrole nitrogens is 1. The Bertz CT molecular complexity index is 585. The Hall–Kier alpha value is -1.73. The Morgan fingerprint density at radius 3 is 2.89 bits per heavy atom. The maximum absolute atomic E-state index is 11.7. The van der Waals surface area contributed by atoms with Gasteiger partial charge in [0, 0.05) is 24.4 Å². The van der Waals surface area contributed by atoms with E-state index in [0.717, 1.165) is 5.71 Å². The molecule has 104 valence electrons. The molecule has 1 aliphatic heterocycles. The Morgan fingerprint density at radius 1 is 1.58 bits per heavy atom. The third-order valence-corrected chi connectivity index (χ3v) is 2.97. The van der Waals surface area contributed by atoms with Gasteiger partial charge in [0.2, 0.25) is 0 Å². The summed E-state index contributed by atoms with van der Waals surface area (Å²) in [5.41, 5.74) is -0.0783. The van der Waals surface area contributed by atoms with E-state index >= 15 is 0 Å². The van der Waals surface area contributed by atoms with E-state index in [9.17, 15) is 14.7 Å². The van der Waals surface area contributed by atoms with Gasteiger partial charge in [-0.1, -0.05) is 0 Å². The number of aliphatic hydroxyl groups is 1. The molecule has 19 heavy (non-hydrogen) atoms. The minimum absolute atomic E-state index is 0.157. The quantitative estimate of drug-likeness (QED) is 0.732. The maximum Gasteiger partial charge on any atom is 0.330 e. The molecule has 2 N–H and O–H groups in total. The molecule has 7 nitrogen and oxygen atoms in total. The van der Waals surface area contributed by atoms with Crippen molar-refractivity contribution in [1.82, 2.24) is 9.55 Å². The van der Waals surface area contributed by atoms with Crippen LogP contribution in [0, 0.1) is 0 Å². The molecule has 0 bridgehead atoms. The first kappa shape index (κ1) is 13.7. The highest BCUT2D eigenvalue weighted by Crippen LogP contribution is 2.29. The lowest BCUT2D eigenvalue weighted by Crippen LogP contribution is -2.31. The zero-order valence-corrected chi connectivity index (χ0v) is 10.9. The largest absolute Gasteiger partial charge is 0.394 e. The van der Waals surface area contributed by atoms with Crippen LogP contribution >= 0.6 is 0 Å². The van der Waals surface area contributed by atoms with Crippen molar-refractivity contribution in [2.24, 2.45) is 4.99 Å². The van der Waals surface area contributed by atoms with E-state index in [2.05, 4.69) is 9.98 Å². The number of rotatable bonds is 3. The van der Waals surface area contributed by atoms with Gasteiger partial charge in [0.1, 0.15) is 12.3 Å². The highest BCUT2D eigenvalue weighted by Gasteiger charge is 2.35. The molecule has 0 aromatic carbocycles. The van der Waals surface area contributed by atoms with Gasteiger partial charge in [-0.2, -0.15) is 0 Å². The van der Waals surface area contributed by atoms with Crippen LogP contribution in [0.4, 0.5) is 0 Å². The lowest BCUT2D eigenvalue weighted by molar-refractivity contribution is -0.0269. The summed E-state index contributed by atoms with van der Waals surface area (Å²) in [6.07, 6.45) is 0.932. The lowest BCUT2D eigenvalue weighted by atomic mass is 10.1. The second kappa shape index (κ2) is 5.50. The van der Waals surface area contributed by atoms with Crippen molar-refractivity contribution in [3.05, 3.63) is 33.1 Å². The van der Waals surface area contributed by atoms with Gasteiger partial charge in [0.05, 0.1) is 12.6 Å². The molecule has 3 atom stereocenters. The number of aromatic amines is 1. The van der Waals surface area contributed by atoms with Gasteiger partial charge in [0.25, 0.3) is 5.56 Å². The summed E-state index contributed by atoms with van der Waals surface area (Å²) in [5, 5.41) is 9.29. The number of hydrogen-bond acceptors (Lipinski definition) is 5. The summed E-state index contributed by atoms with van der Waals surface area (Å²) >= 11 is 0. The Kier molecular flexibility index (Phi) is 3.96. The van der Waals surface area contributed by atoms with Gasteiger partial charge >= 0.3 is 5.69 Å². The Labute approximate surface area is 109 Å². The number of nitrogens with zero attached hydrogens (tertiary/aromatic N) is 2. The predicted molar refractivity (Wildman–Crippen MR) is 69.5 cm³/mol. The molecular weight excluding hydrogens is 250 g/mol. The standard InChI is InChI=1S/C12H17N3O4/c1-7(2)13-8-5-11(19-9(8)6-16)15-4-3-10(17)14-12(15)18/h3-4,8-9,11,16H,5-6H2,1-2H3,(H,14,17,18). The Morgan fingerprint density at radius 2 is 2.32 bits per heavy atom. The zero-order valence-electron chi connectivity index (χ0n) is 10.9. The van der Waals surface area contributed by atoms with Crippen LogP contribution in [0.5, 0.6) is 0 Å². The fourth-order valence-electron chi connectivity index (χ4n) is 2.17. The van der Waals surface area contributed by atoms with E-state index in [1.54, 1.807) is 0 Å². The topological polar surface area (TPSA) is 96.7 Å². The fourth-order valence-corrected chi connectivity index (χ4v) is 2.17. The van der Waals surface area contributed by atoms with E-state index in [0.29, 0.717) is 6.42 Å². The predicted octanol–water partition coefficient (Wildman–Crippen LogP) is -0.334. The van der Waals surface area contributed by atoms with Crippen molar-refractivity contribution in [2.75, 3.05) is 6.61 Å². The molecule has 2 heterocycles. The maximum atomic E-state index is 11.7. The minimum atomic E-state index is -0.521. The summed E-state index contributed by atoms with van der Waals surface area (Å²) in [7, 11) is 0. The number of hydrogen-bond donors (Lipinski definition) is 2. The first-order chi connectivity index (χ1) is 9.01. The summed E-state index contributed by atoms with van der Waals surface area (Å²) in [5.74, 6) is 0. The third-order valence-electron chi connectivity index (χ3n) is 2.97. The second-order valence-electron chi connectivity index (χ2n) is 4.71. The Balaban J connectivity index is 2.26. The van der Waals surface area contributed by atoms with Crippen molar-refractivity contribution in [3.63, 3.8) is 0 Å². The van der Waals surface area contributed by atoms with Crippen LogP contribution in [-0.4, -0.2) is 39.1 Å². The fraction of sp³-hybridized carbons (Fsp3) is 0.583. The van der Waals surface area contributed by atoms with Gasteiger partial charge in [-0.05, 0) is 13.8 Å². The van der Waals surface area contributed by atoms with E-state index in [4.69, 9.17) is 4.74 Å². The van der Waals surface area contributed by atoms with Crippen LogP contribution in [0.2, 0.25) is 0 Å². The van der Waals surface area contributed by atoms with Gasteiger partial charge in [0.15, 0.2) is 0 Å². The SMILES string of the molecule is CC(C)=NC1CC(n2ccc(=O)[nH]c2=O)OC1CO. The van der Waals surface area contributed by atoms with Crippen molar-refractivity contribution < 1.29 is 9.84 Å². The van der Waals surface area contributed by atoms with E-state index in [-0.39, 0.29) is 12.6 Å². The number of aliphatic hydroxyl groups excluding tert-OH is 1. The average Bonchev–Trinajstić information content (AvgIpc) is 2.71. The van der Waals surface area contributed by atoms with Gasteiger partial charge in [-0.15, -0.1) is 0 Å². The highest BCUT2D eigenvalue weighted by atomic mass is 16.5. The monoisotopic (exact) mass is 267 g/mol. The molecule has 7 heteroatoms. The van der Waals surface area contributed by atoms with Crippen LogP contribution in [0.3, 0.4) is 0 Å². The lowest BCUT2D eigenvalue weighted by Gasteiger charge is -2.14. The van der Waals surface area contributed by atoms with Crippen LogP contribution in [0.15, 0.2) is 26.8 Å². The molecule has 1 aromatic rings. The number of aliphatic imine (C=N–C) groups is 1. The summed E-state index contributed by atoms with van der Waals surface area (Å²) in [6, 6.07) is 1.08. The van der Waals surface area contributed by atoms with E-state index in [1.165, 1.54) is 16.8 Å². The molecule has 0 amide bonds. The van der Waals surface area contributed by atoms with Crippen LogP contribution in [0.25, 0.3) is 0 Å². The van der Waals surface area contributed by atoms with E-state index < -0.39 is 23.6 Å². The number of aromatic nitrogens is 2. The first-order valence-corrected chi connectivity index (χ1v) is 6.10. The molecule has 0 saturated carbocycles. The van der Waals surface area contributed by atoms with Crippen molar-refractivity contribution in [1.29, 1.82) is 0 Å². The third kappa shape index (κ3) is 2.99. The minimum Gasteiger partial charge on any atom is -0.394 e. The van der Waals surface area contributed by atoms with Gasteiger partial charge in [-0.25, -0.2) is 4.79 Å². The summed E-state index contributed by atoms with van der Waals surface area (Å²) < 4.78 is 6.92. The average molecular weight is 267 g/mol. The van der Waals surface area contributed by atoms with Gasteiger partial charge in [-0.3, -0.25) is 19.3 Å². The zero-order chi connectivity index (χ0) is 14.0. The normalized spacial score (nSPS) is 26.4. The van der Waals surface area contributed by atoms with Crippen LogP contribution < -0.4 is 11.2 Å². The van der Waals surface area contributed by atoms with Crippen molar-refractivity contribution >= 4 is 5.71 Å². The van der Waals surface area contributed by atoms with E-state index in [1.807, 2.05) is 13.8 Å². The second-order valence-corrected chi connectivity index (χ2v) is 4.71. The first-order valence-electron chi connectivity index (χ1n) is 6.10. The highest BCUT2D eigenvalue weighted by molar-refractivity contribution is 5.79. The van der Waals surface area contributed by atoms with Crippen LogP contribution in [-0.2, 0) is 4.74 Å². The molecule has 3 unspecified atom stereocenters. The van der Waals surface area contributed by atoms with Crippen molar-refractivity contribution in [2.45, 2.75) is 38.6 Å². The number of nitrogens with one attached hydrogen (secondary N) is 1. The summed E-state index contributed by atoms with van der Waals surface area (Å²) in [6.45, 7) is 3.58. The summed E-state index contributed by atoms with van der Waals surface area (Å²) in [4.78, 5) is 29.3. The van der Waals surface area contributed by atoms with Gasteiger partial charge < -0.3 is 9.84 Å². The van der Waals surface area contributed by atoms with Crippen molar-refractivity contribution in [3.8, 4) is 0 Å². The molecule has 0 aliphatic carbocycles. The molecule has 0 spiro atoms. The smallest absolute Gasteiger partial charge is 0.330 e. The molecular formula is C12H17N3O4. The molecule has 1 fully saturated rings. The molecule has 1 aliphatic rings. The molecule has 1 saturated heterocycles. The molecule has 0 radical (unpaired) electrons. The number of ether oxygens (including phenoxy) is 1. The molecule has 1 aromatic heterocycles.